The van der Waals surface area contributed by atoms with Crippen LogP contribution in [-0.4, -0.2) is 40.4 Å². The van der Waals surface area contributed by atoms with Gasteiger partial charge in [0.05, 0.1) is 18.4 Å². The van der Waals surface area contributed by atoms with E-state index in [1.54, 1.807) is 36.4 Å². The molecule has 2 fully saturated rings. The summed E-state index contributed by atoms with van der Waals surface area (Å²) >= 11 is 6.02. The van der Waals surface area contributed by atoms with Crippen molar-refractivity contribution in [3.05, 3.63) is 64.4 Å². The first-order chi connectivity index (χ1) is 17.9. The number of halogens is 1. The predicted molar refractivity (Wildman–Crippen MR) is 134 cm³/mol. The molecule has 0 saturated heterocycles. The van der Waals surface area contributed by atoms with Crippen LogP contribution in [0.2, 0.25) is 5.15 Å². The van der Waals surface area contributed by atoms with E-state index < -0.39 is 12.0 Å². The zero-order valence-electron chi connectivity index (χ0n) is 20.5. The minimum atomic E-state index is -0.720. The van der Waals surface area contributed by atoms with Crippen LogP contribution in [0.1, 0.15) is 60.1 Å². The smallest absolute Gasteiger partial charge is 0.356 e. The summed E-state index contributed by atoms with van der Waals surface area (Å²) in [5, 5.41) is 14.9. The van der Waals surface area contributed by atoms with Crippen molar-refractivity contribution < 1.29 is 23.7 Å². The second-order valence-electron chi connectivity index (χ2n) is 9.56. The molecule has 2 atom stereocenters. The average Bonchev–Trinajstić information content (AvgIpc) is 3.86. The number of carbonyl (C=O) groups is 2. The summed E-state index contributed by atoms with van der Waals surface area (Å²) in [6.45, 7) is 1.89. The zero-order valence-corrected chi connectivity index (χ0v) is 21.3. The zero-order chi connectivity index (χ0) is 25.9. The number of hydroxylamine groups is 1. The van der Waals surface area contributed by atoms with E-state index >= 15 is 0 Å². The van der Waals surface area contributed by atoms with E-state index in [1.165, 1.54) is 7.11 Å². The lowest BCUT2D eigenvalue weighted by Crippen LogP contribution is -2.48. The molecule has 0 radical (unpaired) electrons. The number of amides is 1. The highest BCUT2D eigenvalue weighted by Gasteiger charge is 2.48. The molecule has 10 nitrogen and oxygen atoms in total. The van der Waals surface area contributed by atoms with E-state index in [4.69, 9.17) is 25.7 Å². The van der Waals surface area contributed by atoms with Gasteiger partial charge in [-0.05, 0) is 61.6 Å². The van der Waals surface area contributed by atoms with Crippen LogP contribution in [0.3, 0.4) is 0 Å². The number of nitrogens with zero attached hydrogens (tertiary/aromatic N) is 3. The molecular formula is C26H28ClN5O5. The van der Waals surface area contributed by atoms with E-state index in [-0.39, 0.29) is 28.8 Å². The highest BCUT2D eigenvalue weighted by molar-refractivity contribution is 6.29. The van der Waals surface area contributed by atoms with Gasteiger partial charge in [0.15, 0.2) is 5.15 Å². The van der Waals surface area contributed by atoms with Crippen LogP contribution in [0.5, 0.6) is 5.88 Å². The van der Waals surface area contributed by atoms with Gasteiger partial charge in [-0.3, -0.25) is 10.1 Å². The van der Waals surface area contributed by atoms with E-state index in [0.717, 1.165) is 25.7 Å². The Morgan fingerprint density at radius 1 is 1.08 bits per heavy atom. The number of carbonyl (C=O) groups excluding carboxylic acids is 2. The number of benzene rings is 1. The highest BCUT2D eigenvalue weighted by atomic mass is 35.5. The Balaban J connectivity index is 1.30. The van der Waals surface area contributed by atoms with Gasteiger partial charge in [-0.1, -0.05) is 41.9 Å². The third kappa shape index (κ3) is 5.91. The van der Waals surface area contributed by atoms with E-state index in [1.807, 2.05) is 13.0 Å². The molecule has 2 aromatic heterocycles. The van der Waals surface area contributed by atoms with Gasteiger partial charge in [0.25, 0.3) is 0 Å². The highest BCUT2D eigenvalue weighted by Crippen LogP contribution is 2.51. The van der Waals surface area contributed by atoms with Gasteiger partial charge >= 0.3 is 5.97 Å². The Kier molecular flexibility index (Phi) is 7.38. The van der Waals surface area contributed by atoms with Crippen LogP contribution in [0, 0.1) is 17.8 Å². The van der Waals surface area contributed by atoms with E-state index in [2.05, 4.69) is 26.2 Å². The topological polar surface area (TPSA) is 128 Å². The van der Waals surface area contributed by atoms with Crippen LogP contribution >= 0.6 is 11.6 Å². The van der Waals surface area contributed by atoms with Crippen LogP contribution in [-0.2, 0) is 9.63 Å². The average molecular weight is 526 g/mol. The molecule has 2 aliphatic rings. The summed E-state index contributed by atoms with van der Waals surface area (Å²) in [5.74, 6) is 0.255. The number of hydrogen-bond donors (Lipinski definition) is 2. The Morgan fingerprint density at radius 3 is 2.43 bits per heavy atom. The molecule has 194 valence electrons. The van der Waals surface area contributed by atoms with Crippen molar-refractivity contribution >= 4 is 29.4 Å². The second-order valence-corrected chi connectivity index (χ2v) is 9.95. The fourth-order valence-electron chi connectivity index (χ4n) is 4.70. The van der Waals surface area contributed by atoms with E-state index in [9.17, 15) is 9.59 Å². The Hall–Kier alpha value is -3.50. The fraction of sp³-hybridized carbons (Fsp3) is 0.423. The Labute approximate surface area is 219 Å². The maximum absolute atomic E-state index is 13.5. The number of rotatable bonds is 11. The van der Waals surface area contributed by atoms with Crippen LogP contribution in [0.4, 0.5) is 5.88 Å². The molecule has 0 spiro atoms. The molecule has 1 unspecified atom stereocenters. The second kappa shape index (κ2) is 10.9. The van der Waals surface area contributed by atoms with Gasteiger partial charge in [0, 0.05) is 17.5 Å². The summed E-state index contributed by atoms with van der Waals surface area (Å²) in [5.41, 5.74) is 4.43. The van der Waals surface area contributed by atoms with Crippen molar-refractivity contribution in [3.63, 3.8) is 0 Å². The first-order valence-electron chi connectivity index (χ1n) is 12.3. The van der Waals surface area contributed by atoms with Crippen LogP contribution < -0.4 is 15.5 Å². The number of anilines is 1. The molecule has 2 N–H and O–H groups in total. The van der Waals surface area contributed by atoms with E-state index in [0.29, 0.717) is 34.5 Å². The summed E-state index contributed by atoms with van der Waals surface area (Å²) < 4.78 is 10.7. The Bertz CT molecular complexity index is 1250. The molecule has 5 rings (SSSR count). The molecule has 1 aromatic carbocycles. The number of methoxy groups -OCH3 is 1. The molecule has 2 aliphatic carbocycles. The monoisotopic (exact) mass is 525 g/mol. The maximum atomic E-state index is 13.5. The molecule has 0 bridgehead atoms. The molecule has 2 saturated carbocycles. The van der Waals surface area contributed by atoms with Crippen molar-refractivity contribution in [1.82, 2.24) is 20.8 Å². The van der Waals surface area contributed by atoms with Gasteiger partial charge in [-0.2, -0.15) is 0 Å². The molecule has 3 aromatic rings. The molecule has 11 heteroatoms. The third-order valence-electron chi connectivity index (χ3n) is 6.92. The first kappa shape index (κ1) is 25.2. The molecule has 1 amide bonds. The first-order valence-corrected chi connectivity index (χ1v) is 12.7. The van der Waals surface area contributed by atoms with Gasteiger partial charge in [-0.25, -0.2) is 4.79 Å². The van der Waals surface area contributed by atoms with Gasteiger partial charge in [-0.15, -0.1) is 15.7 Å². The SMILES string of the molecule is COc1nnc(Cl)cc1C(C)c1cc(NC(=O)[C@@H](NOC(=O)c2ccccc2)C(C2CC2)C2CC2)on1. The number of aromatic nitrogens is 3. The lowest BCUT2D eigenvalue weighted by atomic mass is 9.89. The maximum Gasteiger partial charge on any atom is 0.356 e. The summed E-state index contributed by atoms with van der Waals surface area (Å²) in [4.78, 5) is 31.4. The van der Waals surface area contributed by atoms with Gasteiger partial charge in [0.1, 0.15) is 6.04 Å². The number of hydrogen-bond acceptors (Lipinski definition) is 9. The van der Waals surface area contributed by atoms with Crippen molar-refractivity contribution in [3.8, 4) is 5.88 Å². The molecule has 2 heterocycles. The largest absolute Gasteiger partial charge is 0.480 e. The standard InChI is InChI=1S/C26H28ClN5O5/c1-14(18-12-20(27)29-30-25(18)35-2)19-13-21(36-31-19)28-24(33)23(22(15-8-9-15)16-10-11-16)32-37-26(34)17-6-4-3-5-7-17/h3-7,12-16,22-23,32H,8-11H2,1-2H3,(H,28,33)/t14?,23-/m0/s1. The predicted octanol–water partition coefficient (Wildman–Crippen LogP) is 4.38. The molecular weight excluding hydrogens is 498 g/mol. The van der Waals surface area contributed by atoms with Crippen LogP contribution in [0.15, 0.2) is 47.0 Å². The minimum Gasteiger partial charge on any atom is -0.480 e. The third-order valence-corrected chi connectivity index (χ3v) is 7.11. The number of nitrogens with one attached hydrogen (secondary N) is 2. The lowest BCUT2D eigenvalue weighted by molar-refractivity contribution is -0.123. The quantitative estimate of drug-likeness (QED) is 0.350. The van der Waals surface area contributed by atoms with Gasteiger partial charge < -0.3 is 14.1 Å². The normalized spacial score (nSPS) is 16.8. The fourth-order valence-corrected chi connectivity index (χ4v) is 4.85. The Morgan fingerprint density at radius 2 is 1.78 bits per heavy atom. The van der Waals surface area contributed by atoms with Crippen molar-refractivity contribution in [1.29, 1.82) is 0 Å². The van der Waals surface area contributed by atoms with Crippen molar-refractivity contribution in [2.45, 2.75) is 44.6 Å². The number of ether oxygens (including phenoxy) is 1. The summed E-state index contributed by atoms with van der Waals surface area (Å²) in [7, 11) is 1.50. The van der Waals surface area contributed by atoms with Crippen molar-refractivity contribution in [2.75, 3.05) is 12.4 Å². The molecule has 37 heavy (non-hydrogen) atoms. The van der Waals surface area contributed by atoms with Crippen LogP contribution in [0.25, 0.3) is 0 Å². The molecule has 0 aliphatic heterocycles. The lowest BCUT2D eigenvalue weighted by Gasteiger charge is -2.26. The summed E-state index contributed by atoms with van der Waals surface area (Å²) in [6.07, 6.45) is 4.25. The van der Waals surface area contributed by atoms with Crippen molar-refractivity contribution in [2.24, 2.45) is 17.8 Å². The minimum absolute atomic E-state index is 0.0687. The van der Waals surface area contributed by atoms with Gasteiger partial charge in [0.2, 0.25) is 17.7 Å². The summed E-state index contributed by atoms with van der Waals surface area (Å²) in [6, 6.07) is 11.2.